The Kier molecular flexibility index (Phi) is 0.701. The zero-order valence-corrected chi connectivity index (χ0v) is 3.81. The van der Waals surface area contributed by atoms with Gasteiger partial charge in [0.15, 0.2) is 0 Å². The molecule has 0 saturated heterocycles. The largest absolute Gasteiger partial charge is 0.389 e. The van der Waals surface area contributed by atoms with Gasteiger partial charge >= 0.3 is 0 Å². The van der Waals surface area contributed by atoms with Gasteiger partial charge in [-0.1, -0.05) is 6.08 Å². The van der Waals surface area contributed by atoms with Gasteiger partial charge < -0.3 is 5.11 Å². The molecule has 0 heterocycles. The van der Waals surface area contributed by atoms with Crippen LogP contribution in [0.5, 0.6) is 0 Å². The first-order valence-electron chi connectivity index (χ1n) is 2.17. The molecular formula is C5H8O. The van der Waals surface area contributed by atoms with Gasteiger partial charge in [0.2, 0.25) is 0 Å². The van der Waals surface area contributed by atoms with Crippen molar-refractivity contribution in [3.8, 4) is 0 Å². The molecule has 0 radical (unpaired) electrons. The van der Waals surface area contributed by atoms with Crippen LogP contribution in [0.25, 0.3) is 0 Å². The lowest BCUT2D eigenvalue weighted by atomic mass is 10.3. The molecule has 0 amide bonds. The van der Waals surface area contributed by atoms with Gasteiger partial charge in [-0.15, -0.1) is 0 Å². The molecular weight excluding hydrogens is 76.1 g/mol. The van der Waals surface area contributed by atoms with Gasteiger partial charge in [-0.3, -0.25) is 0 Å². The maximum atomic E-state index is 8.62. The summed E-state index contributed by atoms with van der Waals surface area (Å²) >= 11 is 0. The fraction of sp³-hybridized carbons (Fsp3) is 0.600. The van der Waals surface area contributed by atoms with Crippen molar-refractivity contribution in [3.63, 3.8) is 0 Å². The van der Waals surface area contributed by atoms with Crippen LogP contribution in [0.4, 0.5) is 0 Å². The topological polar surface area (TPSA) is 20.2 Å². The second kappa shape index (κ2) is 1.09. The highest BCUT2D eigenvalue weighted by molar-refractivity contribution is 5.24. The quantitative estimate of drug-likeness (QED) is 0.463. The summed E-state index contributed by atoms with van der Waals surface area (Å²) in [6, 6.07) is 0. The van der Waals surface area contributed by atoms with E-state index in [4.69, 9.17) is 5.11 Å². The Labute approximate surface area is 37.3 Å². The van der Waals surface area contributed by atoms with Crippen LogP contribution >= 0.6 is 0 Å². The van der Waals surface area contributed by atoms with Crippen molar-refractivity contribution >= 4 is 0 Å². The van der Waals surface area contributed by atoms with Gasteiger partial charge in [0, 0.05) is 0 Å². The monoisotopic (exact) mass is 84.1 g/mol. The number of hydrogen-bond donors (Lipinski definition) is 1. The first kappa shape index (κ1) is 3.88. The third-order valence-electron chi connectivity index (χ3n) is 0.976. The summed E-state index contributed by atoms with van der Waals surface area (Å²) in [7, 11) is 0. The molecule has 0 bridgehead atoms. The van der Waals surface area contributed by atoms with Crippen molar-refractivity contribution in [2.45, 2.75) is 19.4 Å². The van der Waals surface area contributed by atoms with E-state index in [0.717, 1.165) is 6.42 Å². The Hall–Kier alpha value is -0.300. The summed E-state index contributed by atoms with van der Waals surface area (Å²) in [6.07, 6.45) is 2.90. The van der Waals surface area contributed by atoms with Crippen molar-refractivity contribution in [1.82, 2.24) is 0 Å². The van der Waals surface area contributed by atoms with E-state index in [1.54, 1.807) is 6.92 Å². The molecule has 0 fully saturated rings. The highest BCUT2D eigenvalue weighted by atomic mass is 16.3. The summed E-state index contributed by atoms with van der Waals surface area (Å²) in [5, 5.41) is 8.62. The number of allylic oxidation sites excluding steroid dienone is 1. The smallest absolute Gasteiger partial charge is 0.0725 e. The predicted octanol–water partition coefficient (Wildman–Crippen LogP) is 0.697. The molecule has 1 nitrogen and oxygen atoms in total. The van der Waals surface area contributed by atoms with Crippen molar-refractivity contribution < 1.29 is 5.11 Å². The van der Waals surface area contributed by atoms with E-state index in [0.29, 0.717) is 0 Å². The second-order valence-electron chi connectivity index (χ2n) is 1.66. The Balaban J connectivity index is 2.31. The van der Waals surface area contributed by atoms with Crippen LogP contribution < -0.4 is 0 Å². The summed E-state index contributed by atoms with van der Waals surface area (Å²) in [5.41, 5.74) is 1.19. The highest BCUT2D eigenvalue weighted by Crippen LogP contribution is 2.21. The summed E-state index contributed by atoms with van der Waals surface area (Å²) in [6.45, 7) is 1.79. The number of hydrogen-bond acceptors (Lipinski definition) is 1. The van der Waals surface area contributed by atoms with E-state index < -0.39 is 0 Å². The van der Waals surface area contributed by atoms with Gasteiger partial charge in [-0.05, 0) is 18.9 Å². The first-order chi connectivity index (χ1) is 2.80. The molecule has 1 aliphatic rings. The van der Waals surface area contributed by atoms with Crippen LogP contribution in [-0.4, -0.2) is 11.2 Å². The first-order valence-corrected chi connectivity index (χ1v) is 2.17. The molecule has 0 aliphatic heterocycles. The number of aliphatic hydroxyl groups excluding tert-OH is 1. The minimum Gasteiger partial charge on any atom is -0.389 e. The Bertz CT molecular complexity index is 81.9. The lowest BCUT2D eigenvalue weighted by Crippen LogP contribution is -1.93. The average molecular weight is 84.1 g/mol. The molecule has 1 atom stereocenters. The minimum absolute atomic E-state index is 0.176. The molecule has 1 heteroatoms. The van der Waals surface area contributed by atoms with Crippen molar-refractivity contribution in [1.29, 1.82) is 0 Å². The fourth-order valence-electron chi connectivity index (χ4n) is 0.400. The van der Waals surface area contributed by atoms with E-state index in [-0.39, 0.29) is 6.10 Å². The Morgan fingerprint density at radius 3 is 2.50 bits per heavy atom. The zero-order chi connectivity index (χ0) is 4.57. The van der Waals surface area contributed by atoms with Gasteiger partial charge in [0.1, 0.15) is 0 Å². The third kappa shape index (κ3) is 0.601. The highest BCUT2D eigenvalue weighted by Gasteiger charge is 2.11. The maximum Gasteiger partial charge on any atom is 0.0725 e. The molecule has 1 N–H and O–H groups in total. The van der Waals surface area contributed by atoms with Crippen LogP contribution in [0.15, 0.2) is 11.6 Å². The molecule has 1 aliphatic carbocycles. The van der Waals surface area contributed by atoms with E-state index >= 15 is 0 Å². The maximum absolute atomic E-state index is 8.62. The van der Waals surface area contributed by atoms with E-state index in [9.17, 15) is 0 Å². The lowest BCUT2D eigenvalue weighted by molar-refractivity contribution is 0.236. The van der Waals surface area contributed by atoms with Crippen LogP contribution in [-0.2, 0) is 0 Å². The molecule has 0 aromatic heterocycles. The van der Waals surface area contributed by atoms with E-state index in [2.05, 4.69) is 0 Å². The Morgan fingerprint density at radius 1 is 2.00 bits per heavy atom. The van der Waals surface area contributed by atoms with Crippen molar-refractivity contribution in [2.75, 3.05) is 0 Å². The van der Waals surface area contributed by atoms with E-state index in [1.165, 1.54) is 5.57 Å². The summed E-state index contributed by atoms with van der Waals surface area (Å²) in [4.78, 5) is 0. The normalized spacial score (nSPS) is 22.7. The van der Waals surface area contributed by atoms with Crippen LogP contribution in [0.2, 0.25) is 0 Å². The fourth-order valence-corrected chi connectivity index (χ4v) is 0.400. The summed E-state index contributed by atoms with van der Waals surface area (Å²) in [5.74, 6) is 0. The Morgan fingerprint density at radius 2 is 2.50 bits per heavy atom. The van der Waals surface area contributed by atoms with Gasteiger partial charge in [0.05, 0.1) is 6.10 Å². The third-order valence-corrected chi connectivity index (χ3v) is 0.976. The predicted molar refractivity (Wildman–Crippen MR) is 24.4 cm³/mol. The molecule has 34 valence electrons. The molecule has 6 heavy (non-hydrogen) atoms. The lowest BCUT2D eigenvalue weighted by Gasteiger charge is -1.90. The molecule has 0 aromatic carbocycles. The van der Waals surface area contributed by atoms with Crippen LogP contribution in [0, 0.1) is 0 Å². The average Bonchev–Trinajstić information content (AvgIpc) is 2.06. The SMILES string of the molecule is CC(O)C1=CC1. The number of rotatable bonds is 1. The van der Waals surface area contributed by atoms with Gasteiger partial charge in [-0.25, -0.2) is 0 Å². The van der Waals surface area contributed by atoms with E-state index in [1.807, 2.05) is 6.08 Å². The molecule has 1 rings (SSSR count). The van der Waals surface area contributed by atoms with Crippen molar-refractivity contribution in [3.05, 3.63) is 11.6 Å². The zero-order valence-electron chi connectivity index (χ0n) is 3.81. The van der Waals surface area contributed by atoms with Crippen molar-refractivity contribution in [2.24, 2.45) is 0 Å². The minimum atomic E-state index is -0.176. The standard InChI is InChI=1S/C5H8O/c1-4(6)5-2-3-5/h2,4,6H,3H2,1H3. The second-order valence-corrected chi connectivity index (χ2v) is 1.66. The molecule has 0 aromatic rings. The van der Waals surface area contributed by atoms with Crippen LogP contribution in [0.1, 0.15) is 13.3 Å². The van der Waals surface area contributed by atoms with Gasteiger partial charge in [0.25, 0.3) is 0 Å². The van der Waals surface area contributed by atoms with Gasteiger partial charge in [-0.2, -0.15) is 0 Å². The van der Waals surface area contributed by atoms with Crippen LogP contribution in [0.3, 0.4) is 0 Å². The molecule has 0 spiro atoms. The number of aliphatic hydroxyl groups is 1. The molecule has 0 saturated carbocycles. The summed E-state index contributed by atoms with van der Waals surface area (Å²) < 4.78 is 0. The molecule has 1 unspecified atom stereocenters.